The number of aliphatic carboxylic acids is 1. The van der Waals surface area contributed by atoms with Gasteiger partial charge in [-0.1, -0.05) is 24.3 Å². The van der Waals surface area contributed by atoms with Gasteiger partial charge in [0.15, 0.2) is 6.04 Å². The summed E-state index contributed by atoms with van der Waals surface area (Å²) in [6.45, 7) is 0.666. The van der Waals surface area contributed by atoms with Crippen LogP contribution in [-0.2, 0) is 20.8 Å². The highest BCUT2D eigenvalue weighted by molar-refractivity contribution is 5.92. The van der Waals surface area contributed by atoms with Crippen LogP contribution in [0.4, 0.5) is 0 Å². The second-order valence-corrected chi connectivity index (χ2v) is 5.43. The maximum Gasteiger partial charge on any atom is 0.331 e. The van der Waals surface area contributed by atoms with E-state index in [1.807, 2.05) is 12.1 Å². The van der Waals surface area contributed by atoms with Crippen LogP contribution in [0, 0.1) is 5.92 Å². The fourth-order valence-corrected chi connectivity index (χ4v) is 3.08. The molecule has 0 spiro atoms. The summed E-state index contributed by atoms with van der Waals surface area (Å²) in [5, 5.41) is 12.1. The molecule has 0 bridgehead atoms. The molecule has 1 fully saturated rings. The Bertz CT molecular complexity index is 613. The number of hydrogen-bond acceptors (Lipinski definition) is 3. The van der Waals surface area contributed by atoms with E-state index in [4.69, 9.17) is 0 Å². The van der Waals surface area contributed by atoms with Crippen molar-refractivity contribution in [1.29, 1.82) is 0 Å². The van der Waals surface area contributed by atoms with Crippen LogP contribution >= 0.6 is 0 Å². The van der Waals surface area contributed by atoms with Gasteiger partial charge in [-0.2, -0.15) is 0 Å². The molecule has 2 N–H and O–H groups in total. The van der Waals surface area contributed by atoms with E-state index in [1.165, 1.54) is 4.90 Å². The van der Waals surface area contributed by atoms with Gasteiger partial charge < -0.3 is 15.3 Å². The van der Waals surface area contributed by atoms with Gasteiger partial charge in [0.05, 0.1) is 5.92 Å². The highest BCUT2D eigenvalue weighted by atomic mass is 16.4. The lowest BCUT2D eigenvalue weighted by atomic mass is 9.91. The van der Waals surface area contributed by atoms with Crippen molar-refractivity contribution in [3.05, 3.63) is 35.4 Å². The molecule has 2 heterocycles. The van der Waals surface area contributed by atoms with Crippen molar-refractivity contribution in [2.45, 2.75) is 18.9 Å². The highest BCUT2D eigenvalue weighted by Crippen LogP contribution is 2.31. The second-order valence-electron chi connectivity index (χ2n) is 5.43. The zero-order valence-electron chi connectivity index (χ0n) is 11.4. The van der Waals surface area contributed by atoms with E-state index in [1.54, 1.807) is 12.1 Å². The number of nitrogens with one attached hydrogen (secondary N) is 1. The molecule has 0 aliphatic carbocycles. The average Bonchev–Trinajstić information content (AvgIpc) is 2.91. The first-order valence-electron chi connectivity index (χ1n) is 6.95. The highest BCUT2D eigenvalue weighted by Gasteiger charge is 2.40. The van der Waals surface area contributed by atoms with E-state index >= 15 is 0 Å². The van der Waals surface area contributed by atoms with E-state index in [0.29, 0.717) is 25.1 Å². The van der Waals surface area contributed by atoms with Gasteiger partial charge in [-0.05, 0) is 17.5 Å². The van der Waals surface area contributed by atoms with Crippen molar-refractivity contribution in [3.8, 4) is 0 Å². The monoisotopic (exact) mass is 288 g/mol. The van der Waals surface area contributed by atoms with Crippen LogP contribution in [0.2, 0.25) is 0 Å². The molecule has 110 valence electrons. The lowest BCUT2D eigenvalue weighted by molar-refractivity contribution is -0.152. The Balaban J connectivity index is 1.90. The number of carboxylic acid groups (broad SMARTS) is 1. The Hall–Kier alpha value is -2.37. The molecule has 3 rings (SSSR count). The molecule has 0 aromatic heterocycles. The zero-order chi connectivity index (χ0) is 15.0. The van der Waals surface area contributed by atoms with Crippen molar-refractivity contribution in [2.75, 3.05) is 13.1 Å². The third-order valence-electron chi connectivity index (χ3n) is 4.13. The number of nitrogens with zero attached hydrogens (tertiary/aromatic N) is 1. The molecule has 1 aromatic carbocycles. The van der Waals surface area contributed by atoms with E-state index < -0.39 is 17.9 Å². The molecule has 2 aliphatic rings. The summed E-state index contributed by atoms with van der Waals surface area (Å²) >= 11 is 0. The van der Waals surface area contributed by atoms with Gasteiger partial charge in [0.25, 0.3) is 0 Å². The molecule has 2 atom stereocenters. The minimum absolute atomic E-state index is 0.142. The van der Waals surface area contributed by atoms with Gasteiger partial charge in [-0.25, -0.2) is 4.79 Å². The molecule has 6 heteroatoms. The number of carbonyl (C=O) groups excluding carboxylic acids is 2. The number of hydrogen-bond donors (Lipinski definition) is 2. The Kier molecular flexibility index (Phi) is 3.37. The molecule has 6 nitrogen and oxygen atoms in total. The quantitative estimate of drug-likeness (QED) is 0.821. The molecular weight excluding hydrogens is 272 g/mol. The molecule has 21 heavy (non-hydrogen) atoms. The minimum atomic E-state index is -1.03. The van der Waals surface area contributed by atoms with Crippen LogP contribution in [0.25, 0.3) is 0 Å². The van der Waals surface area contributed by atoms with Crippen molar-refractivity contribution in [3.63, 3.8) is 0 Å². The van der Waals surface area contributed by atoms with Crippen LogP contribution in [0.1, 0.15) is 23.6 Å². The average molecular weight is 288 g/mol. The van der Waals surface area contributed by atoms with Crippen LogP contribution in [-0.4, -0.2) is 40.9 Å². The van der Waals surface area contributed by atoms with Crippen molar-refractivity contribution >= 4 is 17.8 Å². The molecule has 2 aliphatic heterocycles. The van der Waals surface area contributed by atoms with Crippen molar-refractivity contribution < 1.29 is 19.5 Å². The summed E-state index contributed by atoms with van der Waals surface area (Å²) in [6, 6.07) is 6.34. The first-order valence-corrected chi connectivity index (χ1v) is 6.95. The predicted octanol–water partition coefficient (Wildman–Crippen LogP) is 0.333. The number of fused-ring (bicyclic) bond motifs is 1. The van der Waals surface area contributed by atoms with Crippen molar-refractivity contribution in [1.82, 2.24) is 10.2 Å². The van der Waals surface area contributed by atoms with Crippen LogP contribution in [0.3, 0.4) is 0 Å². The molecular formula is C15H16N2O4. The first kappa shape index (κ1) is 13.6. The van der Waals surface area contributed by atoms with Gasteiger partial charge in [-0.3, -0.25) is 9.59 Å². The molecule has 2 unspecified atom stereocenters. The molecule has 0 radical (unpaired) electrons. The predicted molar refractivity (Wildman–Crippen MR) is 73.4 cm³/mol. The maximum atomic E-state index is 12.5. The van der Waals surface area contributed by atoms with Crippen LogP contribution in [0.15, 0.2) is 24.3 Å². The van der Waals surface area contributed by atoms with E-state index in [-0.39, 0.29) is 18.2 Å². The van der Waals surface area contributed by atoms with Gasteiger partial charge in [0, 0.05) is 19.5 Å². The summed E-state index contributed by atoms with van der Waals surface area (Å²) in [4.78, 5) is 36.8. The Morgan fingerprint density at radius 3 is 2.71 bits per heavy atom. The van der Waals surface area contributed by atoms with E-state index in [0.717, 1.165) is 5.56 Å². The number of carbonyl (C=O) groups is 3. The van der Waals surface area contributed by atoms with Crippen molar-refractivity contribution in [2.24, 2.45) is 5.92 Å². The van der Waals surface area contributed by atoms with Crippen LogP contribution in [0.5, 0.6) is 0 Å². The standard InChI is InChI=1S/C15H16N2O4/c18-12-7-10(8-16-12)14(19)17-6-5-9-3-1-2-4-11(9)13(17)15(20)21/h1-4,10,13H,5-8H2,(H,16,18)(H,20,21). The maximum absolute atomic E-state index is 12.5. The van der Waals surface area contributed by atoms with E-state index in [9.17, 15) is 19.5 Å². The normalized spacial score (nSPS) is 24.4. The minimum Gasteiger partial charge on any atom is -0.479 e. The third-order valence-corrected chi connectivity index (χ3v) is 4.13. The Morgan fingerprint density at radius 2 is 2.05 bits per heavy atom. The summed E-state index contributed by atoms with van der Waals surface area (Å²) in [5.74, 6) is -1.90. The number of amides is 2. The fraction of sp³-hybridized carbons (Fsp3) is 0.400. The Labute approximate surface area is 121 Å². The molecule has 1 aromatic rings. The van der Waals surface area contributed by atoms with Gasteiger partial charge in [-0.15, -0.1) is 0 Å². The lowest BCUT2D eigenvalue weighted by Crippen LogP contribution is -2.46. The largest absolute Gasteiger partial charge is 0.479 e. The number of rotatable bonds is 2. The topological polar surface area (TPSA) is 86.7 Å². The van der Waals surface area contributed by atoms with Gasteiger partial charge in [0.2, 0.25) is 11.8 Å². The smallest absolute Gasteiger partial charge is 0.331 e. The summed E-state index contributed by atoms with van der Waals surface area (Å²) < 4.78 is 0. The SMILES string of the molecule is O=C1CC(C(=O)N2CCc3ccccc3C2C(=O)O)CN1. The second kappa shape index (κ2) is 5.20. The van der Waals surface area contributed by atoms with Gasteiger partial charge >= 0.3 is 5.97 Å². The first-order chi connectivity index (χ1) is 10.1. The third kappa shape index (κ3) is 2.37. The zero-order valence-corrected chi connectivity index (χ0v) is 11.4. The van der Waals surface area contributed by atoms with E-state index in [2.05, 4.69) is 5.32 Å². The summed E-state index contributed by atoms with van der Waals surface area (Å²) in [7, 11) is 0. The molecule has 1 saturated heterocycles. The van der Waals surface area contributed by atoms with Gasteiger partial charge in [0.1, 0.15) is 0 Å². The summed E-state index contributed by atoms with van der Waals surface area (Å²) in [6.07, 6.45) is 0.781. The number of benzene rings is 1. The lowest BCUT2D eigenvalue weighted by Gasteiger charge is -2.36. The molecule has 0 saturated carbocycles. The Morgan fingerprint density at radius 1 is 1.29 bits per heavy atom. The molecule has 2 amide bonds. The fourth-order valence-electron chi connectivity index (χ4n) is 3.08. The number of carboxylic acids is 1. The van der Waals surface area contributed by atoms with Crippen LogP contribution < -0.4 is 5.32 Å². The summed E-state index contributed by atoms with van der Waals surface area (Å²) in [5.41, 5.74) is 1.64.